The SMILES string of the molecule is CC(C)(C)N(CCC(=O)O)C(=O)C(N)CCS(C)(=O)=O. The molecular weight excluding hydrogens is 284 g/mol. The van der Waals surface area contributed by atoms with Gasteiger partial charge in [0.1, 0.15) is 9.84 Å². The number of rotatable bonds is 7. The second-order valence-electron chi connectivity index (χ2n) is 5.83. The van der Waals surface area contributed by atoms with E-state index in [1.807, 2.05) is 0 Å². The molecule has 8 heteroatoms. The fraction of sp³-hybridized carbons (Fsp3) is 0.833. The van der Waals surface area contributed by atoms with Crippen LogP contribution in [0.3, 0.4) is 0 Å². The van der Waals surface area contributed by atoms with Crippen LogP contribution in [0.1, 0.15) is 33.6 Å². The number of amides is 1. The molecule has 0 fully saturated rings. The van der Waals surface area contributed by atoms with E-state index in [1.165, 1.54) is 4.90 Å². The Morgan fingerprint density at radius 3 is 2.15 bits per heavy atom. The fourth-order valence-electron chi connectivity index (χ4n) is 1.65. The minimum Gasteiger partial charge on any atom is -0.481 e. The molecule has 1 unspecified atom stereocenters. The van der Waals surface area contributed by atoms with Gasteiger partial charge in [-0.2, -0.15) is 0 Å². The molecule has 0 heterocycles. The fourth-order valence-corrected chi connectivity index (χ4v) is 2.33. The van der Waals surface area contributed by atoms with E-state index in [0.717, 1.165) is 6.26 Å². The lowest BCUT2D eigenvalue weighted by Crippen LogP contribution is -2.53. The molecule has 0 rings (SSSR count). The standard InChI is InChI=1S/C12H24N2O5S/c1-12(2,3)14(7-5-10(15)16)11(17)9(13)6-8-20(4,18)19/h9H,5-8,13H2,1-4H3,(H,15,16). The van der Waals surface area contributed by atoms with Crippen molar-refractivity contribution in [2.75, 3.05) is 18.6 Å². The van der Waals surface area contributed by atoms with Gasteiger partial charge in [0.25, 0.3) is 0 Å². The lowest BCUT2D eigenvalue weighted by atomic mass is 10.0. The third kappa shape index (κ3) is 7.44. The Kier molecular flexibility index (Phi) is 6.63. The van der Waals surface area contributed by atoms with Gasteiger partial charge in [-0.25, -0.2) is 8.42 Å². The quantitative estimate of drug-likeness (QED) is 0.675. The van der Waals surface area contributed by atoms with E-state index in [9.17, 15) is 18.0 Å². The Hall–Kier alpha value is -1.15. The maximum absolute atomic E-state index is 12.2. The van der Waals surface area contributed by atoms with Crippen LogP contribution in [0.5, 0.6) is 0 Å². The third-order valence-corrected chi connectivity index (χ3v) is 3.72. The van der Waals surface area contributed by atoms with Gasteiger partial charge in [-0.05, 0) is 27.2 Å². The van der Waals surface area contributed by atoms with Gasteiger partial charge >= 0.3 is 5.97 Å². The molecule has 0 saturated heterocycles. The summed E-state index contributed by atoms with van der Waals surface area (Å²) in [6.07, 6.45) is 0.926. The zero-order valence-corrected chi connectivity index (χ0v) is 13.2. The van der Waals surface area contributed by atoms with E-state index in [4.69, 9.17) is 10.8 Å². The summed E-state index contributed by atoms with van der Waals surface area (Å²) in [5.74, 6) is -1.60. The van der Waals surface area contributed by atoms with Gasteiger partial charge in [0.2, 0.25) is 5.91 Å². The van der Waals surface area contributed by atoms with E-state index in [0.29, 0.717) is 0 Å². The number of sulfone groups is 1. The van der Waals surface area contributed by atoms with Crippen molar-refractivity contribution in [3.63, 3.8) is 0 Å². The summed E-state index contributed by atoms with van der Waals surface area (Å²) in [5.41, 5.74) is 5.15. The molecule has 0 radical (unpaired) electrons. The van der Waals surface area contributed by atoms with E-state index < -0.39 is 33.3 Å². The first-order valence-electron chi connectivity index (χ1n) is 6.31. The number of nitrogens with two attached hydrogens (primary N) is 1. The van der Waals surface area contributed by atoms with Gasteiger partial charge in [-0.3, -0.25) is 9.59 Å². The van der Waals surface area contributed by atoms with Gasteiger partial charge < -0.3 is 15.7 Å². The van der Waals surface area contributed by atoms with Crippen molar-refractivity contribution in [1.82, 2.24) is 4.90 Å². The molecule has 0 aromatic rings. The number of nitrogens with zero attached hydrogens (tertiary/aromatic N) is 1. The van der Waals surface area contributed by atoms with E-state index >= 15 is 0 Å². The molecular formula is C12H24N2O5S. The lowest BCUT2D eigenvalue weighted by Gasteiger charge is -2.37. The zero-order chi connectivity index (χ0) is 16.1. The number of carbonyl (C=O) groups excluding carboxylic acids is 1. The summed E-state index contributed by atoms with van der Waals surface area (Å²) in [5, 5.41) is 8.71. The van der Waals surface area contributed by atoms with Crippen LogP contribution < -0.4 is 5.73 Å². The molecule has 1 atom stereocenters. The minimum absolute atomic E-state index is 0.0251. The van der Waals surface area contributed by atoms with Gasteiger partial charge in [0.15, 0.2) is 0 Å². The molecule has 3 N–H and O–H groups in total. The number of carboxylic acids is 1. The first-order valence-corrected chi connectivity index (χ1v) is 8.37. The molecule has 0 aliphatic rings. The Bertz CT molecular complexity index is 453. The number of aliphatic carboxylic acids is 1. The van der Waals surface area contributed by atoms with Crippen molar-refractivity contribution in [2.45, 2.75) is 45.2 Å². The van der Waals surface area contributed by atoms with Crippen LogP contribution in [0.15, 0.2) is 0 Å². The average Bonchev–Trinajstić information content (AvgIpc) is 2.22. The van der Waals surface area contributed by atoms with Crippen molar-refractivity contribution in [3.8, 4) is 0 Å². The Morgan fingerprint density at radius 2 is 1.80 bits per heavy atom. The molecule has 20 heavy (non-hydrogen) atoms. The lowest BCUT2D eigenvalue weighted by molar-refractivity contribution is -0.141. The molecule has 0 bridgehead atoms. The highest BCUT2D eigenvalue weighted by molar-refractivity contribution is 7.90. The normalized spacial score (nSPS) is 13.8. The highest BCUT2D eigenvalue weighted by atomic mass is 32.2. The van der Waals surface area contributed by atoms with E-state index in [1.54, 1.807) is 20.8 Å². The Labute approximate surface area is 120 Å². The Balaban J connectivity index is 4.81. The van der Waals surface area contributed by atoms with Crippen molar-refractivity contribution in [2.24, 2.45) is 5.73 Å². The van der Waals surface area contributed by atoms with Gasteiger partial charge in [-0.15, -0.1) is 0 Å². The Morgan fingerprint density at radius 1 is 1.30 bits per heavy atom. The van der Waals surface area contributed by atoms with Gasteiger partial charge in [0, 0.05) is 18.3 Å². The smallest absolute Gasteiger partial charge is 0.305 e. The highest BCUT2D eigenvalue weighted by Gasteiger charge is 2.30. The first kappa shape index (κ1) is 18.9. The summed E-state index contributed by atoms with van der Waals surface area (Å²) in [6.45, 7) is 5.37. The molecule has 1 amide bonds. The van der Waals surface area contributed by atoms with Crippen LogP contribution in [0, 0.1) is 0 Å². The van der Waals surface area contributed by atoms with Crippen molar-refractivity contribution < 1.29 is 23.1 Å². The first-order chi connectivity index (χ1) is 8.84. The number of carboxylic acid groups (broad SMARTS) is 1. The molecule has 0 aromatic heterocycles. The molecule has 0 aliphatic heterocycles. The van der Waals surface area contributed by atoms with Gasteiger partial charge in [0.05, 0.1) is 18.2 Å². The maximum Gasteiger partial charge on any atom is 0.305 e. The summed E-state index contributed by atoms with van der Waals surface area (Å²) in [7, 11) is -3.18. The number of hydrogen-bond acceptors (Lipinski definition) is 5. The summed E-state index contributed by atoms with van der Waals surface area (Å²) < 4.78 is 22.2. The number of hydrogen-bond donors (Lipinski definition) is 2. The predicted octanol–water partition coefficient (Wildman–Crippen LogP) is -0.150. The second-order valence-corrected chi connectivity index (χ2v) is 8.09. The molecule has 0 aliphatic carbocycles. The van der Waals surface area contributed by atoms with Crippen LogP contribution in [-0.4, -0.2) is 60.4 Å². The average molecular weight is 308 g/mol. The topological polar surface area (TPSA) is 118 Å². The van der Waals surface area contributed by atoms with E-state index in [2.05, 4.69) is 0 Å². The minimum atomic E-state index is -3.18. The molecule has 0 spiro atoms. The molecule has 0 saturated carbocycles. The third-order valence-electron chi connectivity index (χ3n) is 2.74. The maximum atomic E-state index is 12.2. The monoisotopic (exact) mass is 308 g/mol. The highest BCUT2D eigenvalue weighted by Crippen LogP contribution is 2.16. The van der Waals surface area contributed by atoms with Crippen LogP contribution in [-0.2, 0) is 19.4 Å². The van der Waals surface area contributed by atoms with Crippen LogP contribution in [0.25, 0.3) is 0 Å². The summed E-state index contributed by atoms with van der Waals surface area (Å²) in [6, 6.07) is -0.947. The number of carbonyl (C=O) groups is 2. The summed E-state index contributed by atoms with van der Waals surface area (Å²) in [4.78, 5) is 24.2. The predicted molar refractivity (Wildman–Crippen MR) is 76.0 cm³/mol. The van der Waals surface area contributed by atoms with Crippen molar-refractivity contribution in [3.05, 3.63) is 0 Å². The molecule has 0 aromatic carbocycles. The van der Waals surface area contributed by atoms with Gasteiger partial charge in [-0.1, -0.05) is 0 Å². The molecule has 118 valence electrons. The largest absolute Gasteiger partial charge is 0.481 e. The second kappa shape index (κ2) is 7.03. The van der Waals surface area contributed by atoms with Crippen molar-refractivity contribution >= 4 is 21.7 Å². The van der Waals surface area contributed by atoms with Crippen LogP contribution in [0.2, 0.25) is 0 Å². The van der Waals surface area contributed by atoms with Crippen LogP contribution >= 0.6 is 0 Å². The van der Waals surface area contributed by atoms with Crippen LogP contribution in [0.4, 0.5) is 0 Å². The zero-order valence-electron chi connectivity index (χ0n) is 12.4. The van der Waals surface area contributed by atoms with Crippen molar-refractivity contribution in [1.29, 1.82) is 0 Å². The summed E-state index contributed by atoms with van der Waals surface area (Å²) >= 11 is 0. The van der Waals surface area contributed by atoms with E-state index in [-0.39, 0.29) is 25.1 Å². The molecule has 7 nitrogen and oxygen atoms in total.